The number of nitrogens with zero attached hydrogens (tertiary/aromatic N) is 1. The van der Waals surface area contributed by atoms with Gasteiger partial charge >= 0.3 is 0 Å². The quantitative estimate of drug-likeness (QED) is 0.888. The lowest BCUT2D eigenvalue weighted by molar-refractivity contribution is 0.101. The number of nitrogens with one attached hydrogen (secondary N) is 1. The van der Waals surface area contributed by atoms with E-state index in [4.69, 9.17) is 5.73 Å². The van der Waals surface area contributed by atoms with E-state index in [0.29, 0.717) is 17.9 Å². The molecule has 0 spiro atoms. The fraction of sp³-hybridized carbons (Fsp3) is 0.267. The smallest absolute Gasteiger partial charge is 0.272 e. The van der Waals surface area contributed by atoms with Crippen LogP contribution in [0.1, 0.15) is 28.5 Å². The number of aryl methyl sites for hydroxylation is 3. The first-order valence-electron chi connectivity index (χ1n) is 6.35. The highest BCUT2D eigenvalue weighted by molar-refractivity contribution is 6.03. The summed E-state index contributed by atoms with van der Waals surface area (Å²) in [5.41, 5.74) is 10.1. The van der Waals surface area contributed by atoms with Gasteiger partial charge in [0, 0.05) is 18.4 Å². The molecule has 0 saturated heterocycles. The van der Waals surface area contributed by atoms with Crippen molar-refractivity contribution in [2.45, 2.75) is 27.3 Å². The second-order valence-corrected chi connectivity index (χ2v) is 4.70. The van der Waals surface area contributed by atoms with E-state index >= 15 is 0 Å². The molecular formula is C15H19N3O. The zero-order valence-corrected chi connectivity index (χ0v) is 11.5. The molecule has 0 bridgehead atoms. The van der Waals surface area contributed by atoms with Crippen LogP contribution in [0.4, 0.5) is 11.4 Å². The lowest BCUT2D eigenvalue weighted by atomic mass is 10.1. The highest BCUT2D eigenvalue weighted by Crippen LogP contribution is 2.17. The number of nitrogens with two attached hydrogens (primary N) is 1. The molecule has 1 aromatic carbocycles. The Labute approximate surface area is 113 Å². The highest BCUT2D eigenvalue weighted by atomic mass is 16.1. The topological polar surface area (TPSA) is 60.0 Å². The second-order valence-electron chi connectivity index (χ2n) is 4.70. The van der Waals surface area contributed by atoms with E-state index in [1.807, 2.05) is 43.5 Å². The van der Waals surface area contributed by atoms with Crippen LogP contribution in [-0.2, 0) is 6.54 Å². The molecule has 0 fully saturated rings. The van der Waals surface area contributed by atoms with Crippen LogP contribution in [0.25, 0.3) is 0 Å². The molecule has 4 heteroatoms. The maximum Gasteiger partial charge on any atom is 0.272 e. The lowest BCUT2D eigenvalue weighted by Gasteiger charge is -2.09. The van der Waals surface area contributed by atoms with E-state index in [9.17, 15) is 4.79 Å². The van der Waals surface area contributed by atoms with Gasteiger partial charge in [0.25, 0.3) is 5.91 Å². The minimum atomic E-state index is -0.137. The number of hydrogen-bond donors (Lipinski definition) is 2. The monoisotopic (exact) mass is 257 g/mol. The molecule has 3 N–H and O–H groups in total. The van der Waals surface area contributed by atoms with E-state index < -0.39 is 0 Å². The van der Waals surface area contributed by atoms with E-state index in [-0.39, 0.29) is 5.91 Å². The van der Waals surface area contributed by atoms with Crippen LogP contribution < -0.4 is 11.1 Å². The van der Waals surface area contributed by atoms with Crippen molar-refractivity contribution in [1.82, 2.24) is 4.57 Å². The first kappa shape index (κ1) is 13.2. The molecule has 0 aliphatic heterocycles. The van der Waals surface area contributed by atoms with Crippen molar-refractivity contribution in [3.63, 3.8) is 0 Å². The number of aromatic nitrogens is 1. The maximum atomic E-state index is 12.2. The molecule has 0 unspecified atom stereocenters. The van der Waals surface area contributed by atoms with Crippen LogP contribution >= 0.6 is 0 Å². The summed E-state index contributed by atoms with van der Waals surface area (Å²) in [5.74, 6) is -0.137. The van der Waals surface area contributed by atoms with Gasteiger partial charge in [-0.1, -0.05) is 6.07 Å². The van der Waals surface area contributed by atoms with Gasteiger partial charge in [0.2, 0.25) is 0 Å². The molecular weight excluding hydrogens is 238 g/mol. The van der Waals surface area contributed by atoms with Gasteiger partial charge in [-0.05, 0) is 50.1 Å². The van der Waals surface area contributed by atoms with Crippen molar-refractivity contribution in [1.29, 1.82) is 0 Å². The van der Waals surface area contributed by atoms with Crippen molar-refractivity contribution in [3.8, 4) is 0 Å². The molecule has 0 aliphatic rings. The minimum Gasteiger partial charge on any atom is -0.397 e. The van der Waals surface area contributed by atoms with Crippen LogP contribution in [-0.4, -0.2) is 10.5 Å². The zero-order chi connectivity index (χ0) is 14.0. The van der Waals surface area contributed by atoms with Crippen LogP contribution in [0.2, 0.25) is 0 Å². The zero-order valence-electron chi connectivity index (χ0n) is 11.5. The van der Waals surface area contributed by atoms with Crippen molar-refractivity contribution in [2.24, 2.45) is 0 Å². The number of nitrogen functional groups attached to an aromatic ring is 1. The van der Waals surface area contributed by atoms with Gasteiger partial charge in [-0.25, -0.2) is 0 Å². The Hall–Kier alpha value is -2.23. The van der Waals surface area contributed by atoms with Gasteiger partial charge in [-0.3, -0.25) is 4.79 Å². The molecule has 0 saturated carbocycles. The molecule has 4 nitrogen and oxygen atoms in total. The molecule has 0 aliphatic carbocycles. The summed E-state index contributed by atoms with van der Waals surface area (Å²) in [7, 11) is 0. The molecule has 0 atom stereocenters. The largest absolute Gasteiger partial charge is 0.397 e. The molecule has 100 valence electrons. The van der Waals surface area contributed by atoms with Gasteiger partial charge in [-0.15, -0.1) is 0 Å². The molecule has 2 rings (SSSR count). The SMILES string of the molecule is CCn1cc(N)cc1C(=O)Nc1ccc(C)c(C)c1. The standard InChI is InChI=1S/C15H19N3O/c1-4-18-9-12(16)8-14(18)15(19)17-13-6-5-10(2)11(3)7-13/h5-9H,4,16H2,1-3H3,(H,17,19). The van der Waals surface area contributed by atoms with Gasteiger partial charge in [0.1, 0.15) is 5.69 Å². The molecule has 1 amide bonds. The van der Waals surface area contributed by atoms with Gasteiger partial charge in [0.15, 0.2) is 0 Å². The third-order valence-corrected chi connectivity index (χ3v) is 3.26. The third kappa shape index (κ3) is 2.78. The van der Waals surface area contributed by atoms with Gasteiger partial charge < -0.3 is 15.6 Å². The van der Waals surface area contributed by atoms with E-state index in [2.05, 4.69) is 5.32 Å². The van der Waals surface area contributed by atoms with Gasteiger partial charge in [0.05, 0.1) is 5.69 Å². The molecule has 1 aromatic heterocycles. The first-order valence-corrected chi connectivity index (χ1v) is 6.35. The number of anilines is 2. The Morgan fingerprint density at radius 2 is 2.00 bits per heavy atom. The van der Waals surface area contributed by atoms with E-state index in [1.54, 1.807) is 12.3 Å². The number of carbonyl (C=O) groups excluding carboxylic acids is 1. The van der Waals surface area contributed by atoms with Crippen LogP contribution in [0.5, 0.6) is 0 Å². The summed E-state index contributed by atoms with van der Waals surface area (Å²) >= 11 is 0. The average Bonchev–Trinajstić information content (AvgIpc) is 2.75. The molecule has 1 heterocycles. The summed E-state index contributed by atoms with van der Waals surface area (Å²) < 4.78 is 1.84. The number of hydrogen-bond acceptors (Lipinski definition) is 2. The molecule has 19 heavy (non-hydrogen) atoms. The highest BCUT2D eigenvalue weighted by Gasteiger charge is 2.12. The van der Waals surface area contributed by atoms with Crippen LogP contribution in [0.3, 0.4) is 0 Å². The van der Waals surface area contributed by atoms with Crippen molar-refractivity contribution >= 4 is 17.3 Å². The number of rotatable bonds is 3. The normalized spacial score (nSPS) is 10.5. The van der Waals surface area contributed by atoms with Crippen LogP contribution in [0, 0.1) is 13.8 Å². The molecule has 2 aromatic rings. The number of amides is 1. The van der Waals surface area contributed by atoms with Gasteiger partial charge in [-0.2, -0.15) is 0 Å². The maximum absolute atomic E-state index is 12.2. The minimum absolute atomic E-state index is 0.137. The second kappa shape index (κ2) is 5.18. The summed E-state index contributed by atoms with van der Waals surface area (Å²) in [6.07, 6.45) is 1.77. The summed E-state index contributed by atoms with van der Waals surface area (Å²) in [6, 6.07) is 7.57. The summed E-state index contributed by atoms with van der Waals surface area (Å²) in [6.45, 7) is 6.76. The third-order valence-electron chi connectivity index (χ3n) is 3.26. The Kier molecular flexibility index (Phi) is 3.60. The average molecular weight is 257 g/mol. The molecule has 0 radical (unpaired) electrons. The predicted octanol–water partition coefficient (Wildman–Crippen LogP) is 2.96. The van der Waals surface area contributed by atoms with Crippen molar-refractivity contribution < 1.29 is 4.79 Å². The summed E-state index contributed by atoms with van der Waals surface area (Å²) in [5, 5.41) is 2.90. The first-order chi connectivity index (χ1) is 9.01. The Balaban J connectivity index is 2.22. The fourth-order valence-electron chi connectivity index (χ4n) is 2.00. The van der Waals surface area contributed by atoms with Crippen LogP contribution in [0.15, 0.2) is 30.5 Å². The number of carbonyl (C=O) groups is 1. The number of benzene rings is 1. The fourth-order valence-corrected chi connectivity index (χ4v) is 2.00. The Bertz CT molecular complexity index is 614. The Morgan fingerprint density at radius 1 is 1.26 bits per heavy atom. The van der Waals surface area contributed by atoms with E-state index in [1.165, 1.54) is 5.56 Å². The lowest BCUT2D eigenvalue weighted by Crippen LogP contribution is -2.16. The van der Waals surface area contributed by atoms with E-state index in [0.717, 1.165) is 11.3 Å². The predicted molar refractivity (Wildman–Crippen MR) is 78.4 cm³/mol. The van der Waals surface area contributed by atoms with Crippen molar-refractivity contribution in [2.75, 3.05) is 11.1 Å². The summed E-state index contributed by atoms with van der Waals surface area (Å²) in [4.78, 5) is 12.2. The Morgan fingerprint density at radius 3 is 2.63 bits per heavy atom. The van der Waals surface area contributed by atoms with Crippen molar-refractivity contribution in [3.05, 3.63) is 47.3 Å².